The van der Waals surface area contributed by atoms with Crippen LogP contribution in [0.15, 0.2) is 97.2 Å². The Morgan fingerprint density at radius 1 is 0.833 bits per heavy atom. The number of fused-ring (bicyclic) bond motifs is 1. The summed E-state index contributed by atoms with van der Waals surface area (Å²) in [6.07, 6.45) is -1.94. The summed E-state index contributed by atoms with van der Waals surface area (Å²) in [4.78, 5) is 0. The highest BCUT2D eigenvalue weighted by atomic mass is 19.4. The van der Waals surface area contributed by atoms with Crippen LogP contribution in [-0.2, 0) is 13.0 Å². The van der Waals surface area contributed by atoms with Gasteiger partial charge in [-0.15, -0.1) is 13.2 Å². The van der Waals surface area contributed by atoms with E-state index in [0.29, 0.717) is 13.0 Å². The maximum atomic E-state index is 12.5. The number of ether oxygens (including phenoxy) is 1. The van der Waals surface area contributed by atoms with E-state index in [-0.39, 0.29) is 11.5 Å². The summed E-state index contributed by atoms with van der Waals surface area (Å²) in [5, 5.41) is 11.2. The minimum Gasteiger partial charge on any atom is -0.508 e. The number of alkyl halides is 3. The molecule has 5 aromatic rings. The third kappa shape index (κ3) is 5.08. The Hall–Kier alpha value is -4.19. The van der Waals surface area contributed by atoms with Crippen LogP contribution in [0.2, 0.25) is 0 Å². The minimum absolute atomic E-state index is 0.216. The zero-order valence-electron chi connectivity index (χ0n) is 19.6. The number of nitrogens with zero attached hydrogens (tertiary/aromatic N) is 1. The molecule has 0 atom stereocenters. The van der Waals surface area contributed by atoms with E-state index in [4.69, 9.17) is 0 Å². The monoisotopic (exact) mass is 487 g/mol. The second kappa shape index (κ2) is 9.46. The molecule has 0 saturated heterocycles. The molecule has 4 aromatic carbocycles. The van der Waals surface area contributed by atoms with Gasteiger partial charge in [0.2, 0.25) is 0 Å². The third-order valence-corrected chi connectivity index (χ3v) is 6.37. The number of hydrogen-bond acceptors (Lipinski definition) is 2. The highest BCUT2D eigenvalue weighted by Gasteiger charge is 2.31. The summed E-state index contributed by atoms with van der Waals surface area (Å²) < 4.78 is 43.7. The summed E-state index contributed by atoms with van der Waals surface area (Å²) in [6.45, 7) is 2.74. The van der Waals surface area contributed by atoms with Crippen LogP contribution >= 0.6 is 0 Å². The first-order valence-electron chi connectivity index (χ1n) is 11.6. The van der Waals surface area contributed by atoms with Crippen molar-refractivity contribution in [1.29, 1.82) is 0 Å². The third-order valence-electron chi connectivity index (χ3n) is 6.37. The van der Waals surface area contributed by atoms with Crippen LogP contribution in [0.5, 0.6) is 11.5 Å². The average Bonchev–Trinajstić information content (AvgIpc) is 3.16. The van der Waals surface area contributed by atoms with Gasteiger partial charge in [0.05, 0.1) is 0 Å². The summed E-state index contributed by atoms with van der Waals surface area (Å²) >= 11 is 0. The van der Waals surface area contributed by atoms with Gasteiger partial charge in [-0.2, -0.15) is 0 Å². The molecule has 1 heterocycles. The lowest BCUT2D eigenvalue weighted by Gasteiger charge is -2.13. The van der Waals surface area contributed by atoms with E-state index in [0.717, 1.165) is 38.7 Å². The van der Waals surface area contributed by atoms with Gasteiger partial charge in [-0.05, 0) is 77.1 Å². The van der Waals surface area contributed by atoms with Crippen LogP contribution < -0.4 is 4.74 Å². The normalized spacial score (nSPS) is 11.7. The maximum absolute atomic E-state index is 12.5. The molecule has 0 unspecified atom stereocenters. The van der Waals surface area contributed by atoms with E-state index in [2.05, 4.69) is 33.7 Å². The zero-order chi connectivity index (χ0) is 25.3. The van der Waals surface area contributed by atoms with Crippen molar-refractivity contribution in [3.63, 3.8) is 0 Å². The van der Waals surface area contributed by atoms with Crippen molar-refractivity contribution in [2.45, 2.75) is 26.3 Å². The van der Waals surface area contributed by atoms with Gasteiger partial charge >= 0.3 is 6.36 Å². The summed E-state index contributed by atoms with van der Waals surface area (Å²) in [5.74, 6) is -0.0288. The van der Waals surface area contributed by atoms with Gasteiger partial charge in [-0.25, -0.2) is 0 Å². The van der Waals surface area contributed by atoms with E-state index >= 15 is 0 Å². The Labute approximate surface area is 207 Å². The summed E-state index contributed by atoms with van der Waals surface area (Å²) in [5.41, 5.74) is 7.23. The molecule has 0 aliphatic heterocycles. The lowest BCUT2D eigenvalue weighted by Crippen LogP contribution is -2.16. The van der Waals surface area contributed by atoms with E-state index in [1.807, 2.05) is 43.3 Å². The van der Waals surface area contributed by atoms with Gasteiger partial charge in [0, 0.05) is 23.6 Å². The van der Waals surface area contributed by atoms with Crippen molar-refractivity contribution < 1.29 is 23.0 Å². The molecule has 0 spiro atoms. The molecule has 0 bridgehead atoms. The van der Waals surface area contributed by atoms with Crippen molar-refractivity contribution in [3.05, 3.63) is 119 Å². The van der Waals surface area contributed by atoms with Gasteiger partial charge in [0.25, 0.3) is 0 Å². The molecule has 5 rings (SSSR count). The molecular weight excluding hydrogens is 463 g/mol. The molecule has 0 amide bonds. The number of rotatable bonds is 6. The van der Waals surface area contributed by atoms with Gasteiger partial charge in [-0.3, -0.25) is 0 Å². The average molecular weight is 488 g/mol. The highest BCUT2D eigenvalue weighted by Crippen LogP contribution is 2.33. The predicted octanol–water partition coefficient (Wildman–Crippen LogP) is 7.86. The SMILES string of the molecule is Cc1c(Cc2cn(Cc3ccccc3)c3ccc(O)cc23)cccc1-c1ccc(OC(F)(F)F)cc1. The highest BCUT2D eigenvalue weighted by molar-refractivity contribution is 5.86. The Morgan fingerprint density at radius 2 is 1.58 bits per heavy atom. The molecule has 3 nitrogen and oxygen atoms in total. The second-order valence-electron chi connectivity index (χ2n) is 8.81. The topological polar surface area (TPSA) is 34.4 Å². The standard InChI is InChI=1S/C30H24F3NO2/c1-20-23(8-5-9-27(20)22-10-13-26(14-11-22)36-30(31,32)33)16-24-19-34(18-21-6-3-2-4-7-21)29-15-12-25(35)17-28(24)29/h2-15,17,19,35H,16,18H2,1H3. The zero-order valence-corrected chi connectivity index (χ0v) is 19.6. The number of benzene rings is 4. The first kappa shape index (κ1) is 23.5. The van der Waals surface area contributed by atoms with Crippen molar-refractivity contribution in [3.8, 4) is 22.6 Å². The molecule has 0 radical (unpaired) electrons. The summed E-state index contributed by atoms with van der Waals surface area (Å²) in [6, 6.07) is 27.5. The fraction of sp³-hybridized carbons (Fsp3) is 0.133. The number of aromatic hydroxyl groups is 1. The van der Waals surface area contributed by atoms with E-state index < -0.39 is 6.36 Å². The van der Waals surface area contributed by atoms with Gasteiger partial charge in [0.1, 0.15) is 11.5 Å². The first-order valence-corrected chi connectivity index (χ1v) is 11.6. The molecule has 182 valence electrons. The van der Waals surface area contributed by atoms with Crippen molar-refractivity contribution >= 4 is 10.9 Å². The van der Waals surface area contributed by atoms with E-state index in [1.165, 1.54) is 17.7 Å². The van der Waals surface area contributed by atoms with Gasteiger partial charge in [0.15, 0.2) is 0 Å². The van der Waals surface area contributed by atoms with Crippen molar-refractivity contribution in [2.24, 2.45) is 0 Å². The Bertz CT molecular complexity index is 1500. The first-order chi connectivity index (χ1) is 17.3. The second-order valence-corrected chi connectivity index (χ2v) is 8.81. The Morgan fingerprint density at radius 3 is 2.31 bits per heavy atom. The molecule has 1 aromatic heterocycles. The predicted molar refractivity (Wildman–Crippen MR) is 135 cm³/mol. The molecule has 0 aliphatic carbocycles. The molecule has 0 aliphatic rings. The molecule has 6 heteroatoms. The molecule has 0 fully saturated rings. The lowest BCUT2D eigenvalue weighted by atomic mass is 9.93. The van der Waals surface area contributed by atoms with Crippen molar-refractivity contribution in [1.82, 2.24) is 4.57 Å². The van der Waals surface area contributed by atoms with Crippen LogP contribution in [0.3, 0.4) is 0 Å². The van der Waals surface area contributed by atoms with Crippen LogP contribution in [-0.4, -0.2) is 16.0 Å². The van der Waals surface area contributed by atoms with Crippen LogP contribution in [0.25, 0.3) is 22.0 Å². The van der Waals surface area contributed by atoms with Gasteiger partial charge in [-0.1, -0.05) is 60.7 Å². The molecule has 36 heavy (non-hydrogen) atoms. The van der Waals surface area contributed by atoms with Crippen LogP contribution in [0.4, 0.5) is 13.2 Å². The van der Waals surface area contributed by atoms with E-state index in [9.17, 15) is 18.3 Å². The Balaban J connectivity index is 1.48. The molecule has 0 saturated carbocycles. The van der Waals surface area contributed by atoms with Crippen LogP contribution in [0.1, 0.15) is 22.3 Å². The van der Waals surface area contributed by atoms with Crippen LogP contribution in [0, 0.1) is 6.92 Å². The number of phenolic OH excluding ortho intramolecular Hbond substituents is 1. The molecular formula is C30H24F3NO2. The van der Waals surface area contributed by atoms with E-state index in [1.54, 1.807) is 24.3 Å². The smallest absolute Gasteiger partial charge is 0.508 e. The quantitative estimate of drug-likeness (QED) is 0.265. The maximum Gasteiger partial charge on any atom is 0.573 e. The van der Waals surface area contributed by atoms with Gasteiger partial charge < -0.3 is 14.4 Å². The molecule has 1 N–H and O–H groups in total. The minimum atomic E-state index is -4.72. The summed E-state index contributed by atoms with van der Waals surface area (Å²) in [7, 11) is 0. The largest absolute Gasteiger partial charge is 0.573 e. The lowest BCUT2D eigenvalue weighted by molar-refractivity contribution is -0.274. The fourth-order valence-corrected chi connectivity index (χ4v) is 4.64. The number of hydrogen-bond donors (Lipinski definition) is 1. The number of aromatic nitrogens is 1. The number of phenols is 1. The van der Waals surface area contributed by atoms with Crippen molar-refractivity contribution in [2.75, 3.05) is 0 Å². The number of halogens is 3. The Kier molecular flexibility index (Phi) is 6.18. The fourth-order valence-electron chi connectivity index (χ4n) is 4.64.